The van der Waals surface area contributed by atoms with Crippen LogP contribution in [0.1, 0.15) is 5.56 Å². The minimum Gasteiger partial charge on any atom is -0.479 e. The van der Waals surface area contributed by atoms with Crippen LogP contribution in [0.15, 0.2) is 12.3 Å². The van der Waals surface area contributed by atoms with Gasteiger partial charge < -0.3 is 4.74 Å². The molecule has 3 rings (SSSR count). The zero-order chi connectivity index (χ0) is 14.3. The Balaban J connectivity index is 1.54. The smallest absolute Gasteiger partial charge is 0.250 e. The van der Waals surface area contributed by atoms with E-state index in [9.17, 15) is 12.8 Å². The van der Waals surface area contributed by atoms with Crippen LogP contribution in [-0.4, -0.2) is 50.0 Å². The van der Waals surface area contributed by atoms with Crippen molar-refractivity contribution in [2.45, 2.75) is 6.54 Å². The summed E-state index contributed by atoms with van der Waals surface area (Å²) in [7, 11) is -1.35. The van der Waals surface area contributed by atoms with Gasteiger partial charge in [-0.15, -0.1) is 0 Å². The van der Waals surface area contributed by atoms with E-state index in [2.05, 4.69) is 9.88 Å². The summed E-state index contributed by atoms with van der Waals surface area (Å²) in [6.07, 6.45) is 1.53. The summed E-state index contributed by atoms with van der Waals surface area (Å²) >= 11 is 0. The summed E-state index contributed by atoms with van der Waals surface area (Å²) < 4.78 is 41.1. The van der Waals surface area contributed by atoms with Gasteiger partial charge in [-0.3, -0.25) is 4.90 Å². The van der Waals surface area contributed by atoms with Crippen molar-refractivity contribution in [2.24, 2.45) is 11.8 Å². The molecule has 5 nitrogen and oxygen atoms in total. The molecular weight excluding hydrogens is 283 g/mol. The lowest BCUT2D eigenvalue weighted by atomic mass is 9.87. The van der Waals surface area contributed by atoms with Gasteiger partial charge in [0.1, 0.15) is 0 Å². The normalized spacial score (nSPS) is 23.1. The number of pyridine rings is 1. The van der Waals surface area contributed by atoms with Gasteiger partial charge >= 0.3 is 0 Å². The Morgan fingerprint density at radius 2 is 2.10 bits per heavy atom. The molecule has 2 aliphatic rings. The molecule has 0 atom stereocenters. The van der Waals surface area contributed by atoms with E-state index in [1.165, 1.54) is 13.3 Å². The van der Waals surface area contributed by atoms with E-state index in [0.717, 1.165) is 13.1 Å². The van der Waals surface area contributed by atoms with Crippen LogP contribution in [0.5, 0.6) is 5.88 Å². The van der Waals surface area contributed by atoms with Gasteiger partial charge in [0.2, 0.25) is 5.88 Å². The van der Waals surface area contributed by atoms with Crippen molar-refractivity contribution in [3.8, 4) is 5.88 Å². The molecule has 3 heterocycles. The first-order valence-electron chi connectivity index (χ1n) is 6.58. The number of sulfone groups is 1. The Kier molecular flexibility index (Phi) is 3.41. The molecule has 2 fully saturated rings. The Morgan fingerprint density at radius 1 is 1.40 bits per heavy atom. The van der Waals surface area contributed by atoms with Crippen LogP contribution in [-0.2, 0) is 16.4 Å². The molecular formula is C13H17FN2O3S. The predicted molar refractivity (Wildman–Crippen MR) is 71.7 cm³/mol. The van der Waals surface area contributed by atoms with Gasteiger partial charge in [0.05, 0.1) is 18.6 Å². The summed E-state index contributed by atoms with van der Waals surface area (Å²) in [6, 6.07) is 1.65. The Hall–Kier alpha value is -1.21. The zero-order valence-corrected chi connectivity index (χ0v) is 12.1. The third kappa shape index (κ3) is 2.52. The van der Waals surface area contributed by atoms with Crippen molar-refractivity contribution in [3.05, 3.63) is 23.6 Å². The first-order chi connectivity index (χ1) is 9.48. The molecule has 2 aliphatic heterocycles. The number of aromatic nitrogens is 1. The summed E-state index contributed by atoms with van der Waals surface area (Å²) in [4.78, 5) is 5.93. The molecule has 0 bridgehead atoms. The van der Waals surface area contributed by atoms with E-state index in [0.29, 0.717) is 35.4 Å². The van der Waals surface area contributed by atoms with Crippen molar-refractivity contribution in [2.75, 3.05) is 31.7 Å². The quantitative estimate of drug-likeness (QED) is 0.819. The molecule has 110 valence electrons. The molecule has 1 aromatic heterocycles. The Labute approximate surface area is 117 Å². The largest absolute Gasteiger partial charge is 0.479 e. The number of hydrogen-bond donors (Lipinski definition) is 0. The standard InChI is InChI=1S/C13H17FN2O3S/c1-19-13-12(14)9(2-3-15-13)4-16-5-10(6-16)11-7-20(17,18)8-11/h2-3,10-11H,4-8H2,1H3. The maximum atomic E-state index is 13.9. The first kappa shape index (κ1) is 13.8. The van der Waals surface area contributed by atoms with E-state index in [4.69, 9.17) is 4.74 Å². The third-order valence-corrected chi connectivity index (χ3v) is 5.98. The van der Waals surface area contributed by atoms with Crippen LogP contribution < -0.4 is 4.74 Å². The average Bonchev–Trinajstić information content (AvgIpc) is 2.32. The fraction of sp³-hybridized carbons (Fsp3) is 0.615. The van der Waals surface area contributed by atoms with Crippen LogP contribution in [0.4, 0.5) is 4.39 Å². The van der Waals surface area contributed by atoms with Crippen molar-refractivity contribution < 1.29 is 17.5 Å². The van der Waals surface area contributed by atoms with Crippen LogP contribution in [0.25, 0.3) is 0 Å². The van der Waals surface area contributed by atoms with Crippen molar-refractivity contribution in [3.63, 3.8) is 0 Å². The van der Waals surface area contributed by atoms with Gasteiger partial charge in [-0.1, -0.05) is 0 Å². The summed E-state index contributed by atoms with van der Waals surface area (Å²) in [5.74, 6) is 0.985. The lowest BCUT2D eigenvalue weighted by Gasteiger charge is -2.46. The summed E-state index contributed by atoms with van der Waals surface area (Å²) in [6.45, 7) is 2.19. The van der Waals surface area contributed by atoms with Gasteiger partial charge in [-0.25, -0.2) is 17.8 Å². The first-order valence-corrected chi connectivity index (χ1v) is 8.41. The van der Waals surface area contributed by atoms with E-state index >= 15 is 0 Å². The highest BCUT2D eigenvalue weighted by atomic mass is 32.2. The molecule has 0 saturated carbocycles. The van der Waals surface area contributed by atoms with Gasteiger partial charge in [-0.05, 0) is 17.9 Å². The minimum absolute atomic E-state index is 0.0182. The van der Waals surface area contributed by atoms with E-state index in [-0.39, 0.29) is 5.88 Å². The minimum atomic E-state index is -2.75. The van der Waals surface area contributed by atoms with Gasteiger partial charge in [0.25, 0.3) is 0 Å². The molecule has 0 amide bonds. The van der Waals surface area contributed by atoms with Crippen LogP contribution in [0.3, 0.4) is 0 Å². The molecule has 20 heavy (non-hydrogen) atoms. The van der Waals surface area contributed by atoms with E-state index < -0.39 is 15.7 Å². The molecule has 0 aliphatic carbocycles. The third-order valence-electron chi connectivity index (χ3n) is 4.11. The van der Waals surface area contributed by atoms with E-state index in [1.807, 2.05) is 0 Å². The van der Waals surface area contributed by atoms with Crippen molar-refractivity contribution in [1.82, 2.24) is 9.88 Å². The van der Waals surface area contributed by atoms with Gasteiger partial charge in [-0.2, -0.15) is 0 Å². The number of hydrogen-bond acceptors (Lipinski definition) is 5. The fourth-order valence-electron chi connectivity index (χ4n) is 2.88. The lowest BCUT2D eigenvalue weighted by Crippen LogP contribution is -2.55. The highest BCUT2D eigenvalue weighted by Crippen LogP contribution is 2.33. The molecule has 0 aromatic carbocycles. The monoisotopic (exact) mass is 300 g/mol. The highest BCUT2D eigenvalue weighted by Gasteiger charge is 2.43. The maximum absolute atomic E-state index is 13.9. The molecule has 0 spiro atoms. The number of nitrogens with zero attached hydrogens (tertiary/aromatic N) is 2. The number of methoxy groups -OCH3 is 1. The molecule has 7 heteroatoms. The topological polar surface area (TPSA) is 59.5 Å². The van der Waals surface area contributed by atoms with Crippen molar-refractivity contribution >= 4 is 9.84 Å². The van der Waals surface area contributed by atoms with Crippen LogP contribution in [0.2, 0.25) is 0 Å². The fourth-order valence-corrected chi connectivity index (χ4v) is 4.63. The second kappa shape index (κ2) is 4.96. The van der Waals surface area contributed by atoms with Crippen LogP contribution >= 0.6 is 0 Å². The Morgan fingerprint density at radius 3 is 2.70 bits per heavy atom. The number of rotatable bonds is 4. The number of ether oxygens (including phenoxy) is 1. The molecule has 2 saturated heterocycles. The lowest BCUT2D eigenvalue weighted by molar-refractivity contribution is 0.0578. The van der Waals surface area contributed by atoms with Crippen molar-refractivity contribution in [1.29, 1.82) is 0 Å². The zero-order valence-electron chi connectivity index (χ0n) is 11.3. The van der Waals surface area contributed by atoms with Gasteiger partial charge in [0, 0.05) is 31.4 Å². The summed E-state index contributed by atoms with van der Waals surface area (Å²) in [5, 5.41) is 0. The average molecular weight is 300 g/mol. The second-order valence-corrected chi connectivity index (χ2v) is 7.74. The molecule has 0 N–H and O–H groups in total. The molecule has 1 aromatic rings. The predicted octanol–water partition coefficient (Wildman–Crippen LogP) is 0.706. The highest BCUT2D eigenvalue weighted by molar-refractivity contribution is 7.92. The van der Waals surface area contributed by atoms with Gasteiger partial charge in [0.15, 0.2) is 15.7 Å². The number of halogens is 1. The molecule has 0 unspecified atom stereocenters. The summed E-state index contributed by atoms with van der Waals surface area (Å²) in [5.41, 5.74) is 0.566. The van der Waals surface area contributed by atoms with E-state index in [1.54, 1.807) is 6.07 Å². The maximum Gasteiger partial charge on any atom is 0.250 e. The SMILES string of the molecule is COc1nccc(CN2CC(C3CS(=O)(=O)C3)C2)c1F. The Bertz CT molecular complexity index is 602. The molecule has 0 radical (unpaired) electrons. The number of likely N-dealkylation sites (tertiary alicyclic amines) is 1. The second-order valence-electron chi connectivity index (χ2n) is 5.58. The van der Waals surface area contributed by atoms with Crippen LogP contribution in [0, 0.1) is 17.7 Å².